The summed E-state index contributed by atoms with van der Waals surface area (Å²) >= 11 is 6.18. The average molecular weight is 629 g/mol. The summed E-state index contributed by atoms with van der Waals surface area (Å²) in [6.45, 7) is 7.53. The molecule has 43 heavy (non-hydrogen) atoms. The zero-order chi connectivity index (χ0) is 31.0. The molecule has 0 radical (unpaired) electrons. The summed E-state index contributed by atoms with van der Waals surface area (Å²) in [6.07, 6.45) is 1.87. The number of amides is 1. The molecule has 0 aromatic heterocycles. The minimum Gasteiger partial charge on any atom is -0.390 e. The number of halogens is 1. The van der Waals surface area contributed by atoms with Crippen LogP contribution in [0.15, 0.2) is 72.8 Å². The maximum absolute atomic E-state index is 13.8. The van der Waals surface area contributed by atoms with E-state index in [-0.39, 0.29) is 18.0 Å². The number of aliphatic hydroxyl groups excluding tert-OH is 1. The molecular weight excluding hydrogens is 584 g/mol. The van der Waals surface area contributed by atoms with Crippen LogP contribution in [0.5, 0.6) is 0 Å². The van der Waals surface area contributed by atoms with Gasteiger partial charge in [0.25, 0.3) is 5.91 Å². The van der Waals surface area contributed by atoms with Crippen molar-refractivity contribution in [3.8, 4) is 0 Å². The van der Waals surface area contributed by atoms with Crippen LogP contribution >= 0.6 is 22.4 Å². The van der Waals surface area contributed by atoms with Crippen molar-refractivity contribution < 1.29 is 19.0 Å². The highest BCUT2D eigenvalue weighted by Gasteiger charge is 2.29. The topological polar surface area (TPSA) is 117 Å². The fraction of sp³-hybridized carbons (Fsp3) is 0.424. The van der Waals surface area contributed by atoms with E-state index in [0.29, 0.717) is 48.0 Å². The number of anilines is 2. The van der Waals surface area contributed by atoms with Crippen molar-refractivity contribution in [1.82, 2.24) is 10.6 Å². The number of carbonyl (C=O) groups is 1. The van der Waals surface area contributed by atoms with Crippen molar-refractivity contribution in [2.45, 2.75) is 64.1 Å². The Balaban J connectivity index is 1.53. The maximum atomic E-state index is 13.8. The molecule has 4 rings (SSSR count). The number of rotatable bonds is 13. The largest absolute Gasteiger partial charge is 0.390 e. The molecule has 1 amide bonds. The fourth-order valence-electron chi connectivity index (χ4n) is 5.44. The third-order valence-corrected chi connectivity index (χ3v) is 9.81. The van der Waals surface area contributed by atoms with Crippen molar-refractivity contribution in [2.24, 2.45) is 0 Å². The van der Waals surface area contributed by atoms with Gasteiger partial charge in [0, 0.05) is 41.4 Å². The molecule has 6 N–H and O–H groups in total. The lowest BCUT2D eigenvalue weighted by atomic mass is 9.94. The van der Waals surface area contributed by atoms with Gasteiger partial charge in [-0.3, -0.25) is 18.2 Å². The SMILES string of the molecule is CCNc1cc(C(=O)N[C@@H](Cc2ccccc2)[C@H](O)CNC(C)(C)Cc2cccc(Cl)c2)cc(N2CCCCS2(O)O)c1. The van der Waals surface area contributed by atoms with Crippen molar-refractivity contribution in [2.75, 3.05) is 35.0 Å². The minimum absolute atomic E-state index is 0.267. The van der Waals surface area contributed by atoms with Gasteiger partial charge >= 0.3 is 0 Å². The number of benzene rings is 3. The molecule has 8 nitrogen and oxygen atoms in total. The second kappa shape index (κ2) is 14.8. The molecular formula is C33H45ClN4O4S. The van der Waals surface area contributed by atoms with Crippen LogP contribution in [0.25, 0.3) is 0 Å². The summed E-state index contributed by atoms with van der Waals surface area (Å²) < 4.78 is 23.1. The molecule has 1 heterocycles. The molecule has 1 saturated heterocycles. The fourth-order valence-corrected chi connectivity index (χ4v) is 7.33. The van der Waals surface area contributed by atoms with E-state index >= 15 is 0 Å². The highest BCUT2D eigenvalue weighted by Crippen LogP contribution is 2.50. The van der Waals surface area contributed by atoms with E-state index in [1.807, 2.05) is 67.6 Å². The Kier molecular flexibility index (Phi) is 11.4. The summed E-state index contributed by atoms with van der Waals surface area (Å²) in [7, 11) is -2.96. The third kappa shape index (κ3) is 9.60. The first-order valence-corrected chi connectivity index (χ1v) is 17.0. The van der Waals surface area contributed by atoms with Crippen molar-refractivity contribution in [3.63, 3.8) is 0 Å². The van der Waals surface area contributed by atoms with Gasteiger partial charge in [-0.1, -0.05) is 54.1 Å². The normalized spacial score (nSPS) is 17.1. The van der Waals surface area contributed by atoms with E-state index in [0.717, 1.165) is 29.7 Å². The van der Waals surface area contributed by atoms with Crippen LogP contribution in [0.1, 0.15) is 55.1 Å². The van der Waals surface area contributed by atoms with Crippen molar-refractivity contribution in [1.29, 1.82) is 0 Å². The molecule has 0 spiro atoms. The van der Waals surface area contributed by atoms with Gasteiger partial charge in [-0.15, -0.1) is 10.8 Å². The predicted molar refractivity (Wildman–Crippen MR) is 180 cm³/mol. The van der Waals surface area contributed by atoms with Crippen molar-refractivity contribution >= 4 is 39.7 Å². The second-order valence-electron chi connectivity index (χ2n) is 11.9. The number of nitrogens with zero attached hydrogens (tertiary/aromatic N) is 1. The number of β-amino-alcohol motifs (C(OH)–C–C–N with tert-alkyl or cyclic N) is 1. The van der Waals surface area contributed by atoms with E-state index in [9.17, 15) is 19.0 Å². The van der Waals surface area contributed by atoms with E-state index in [1.54, 1.807) is 16.4 Å². The second-order valence-corrected chi connectivity index (χ2v) is 14.4. The van der Waals surface area contributed by atoms with E-state index in [1.165, 1.54) is 0 Å². The third-order valence-electron chi connectivity index (χ3n) is 7.64. The molecule has 0 saturated carbocycles. The van der Waals surface area contributed by atoms with Gasteiger partial charge in [0.1, 0.15) is 0 Å². The first-order valence-electron chi connectivity index (χ1n) is 14.9. The van der Waals surface area contributed by atoms with Gasteiger partial charge in [0.05, 0.1) is 23.6 Å². The van der Waals surface area contributed by atoms with Gasteiger partial charge in [-0.2, -0.15) is 0 Å². The van der Waals surface area contributed by atoms with E-state index < -0.39 is 22.9 Å². The van der Waals surface area contributed by atoms with Crippen LogP contribution in [0, 0.1) is 0 Å². The molecule has 10 heteroatoms. The molecule has 0 unspecified atom stereocenters. The predicted octanol–water partition coefficient (Wildman–Crippen LogP) is 6.35. The van der Waals surface area contributed by atoms with Crippen LogP contribution in [-0.4, -0.2) is 63.2 Å². The smallest absolute Gasteiger partial charge is 0.251 e. The van der Waals surface area contributed by atoms with E-state index in [2.05, 4.69) is 29.8 Å². The van der Waals surface area contributed by atoms with Crippen molar-refractivity contribution in [3.05, 3.63) is 94.5 Å². The van der Waals surface area contributed by atoms with Gasteiger partial charge < -0.3 is 21.1 Å². The summed E-state index contributed by atoms with van der Waals surface area (Å²) in [5.41, 5.74) is 3.45. The summed E-state index contributed by atoms with van der Waals surface area (Å²) in [6, 6.07) is 22.3. The monoisotopic (exact) mass is 628 g/mol. The van der Waals surface area contributed by atoms with E-state index in [4.69, 9.17) is 11.6 Å². The lowest BCUT2D eigenvalue weighted by molar-refractivity contribution is 0.0814. The first kappa shape index (κ1) is 33.1. The lowest BCUT2D eigenvalue weighted by Gasteiger charge is -2.47. The number of hydrogen-bond acceptors (Lipinski definition) is 7. The summed E-state index contributed by atoms with van der Waals surface area (Å²) in [5, 5.41) is 21.9. The Morgan fingerprint density at radius 1 is 1.02 bits per heavy atom. The molecule has 1 aliphatic rings. The summed E-state index contributed by atoms with van der Waals surface area (Å²) in [5.74, 6) is -0.0287. The van der Waals surface area contributed by atoms with Crippen LogP contribution in [-0.2, 0) is 12.8 Å². The number of nitrogens with one attached hydrogen (secondary N) is 3. The zero-order valence-electron chi connectivity index (χ0n) is 25.2. The molecule has 1 fully saturated rings. The Labute approximate surface area is 262 Å². The van der Waals surface area contributed by atoms with Crippen LogP contribution in [0.2, 0.25) is 5.02 Å². The lowest BCUT2D eigenvalue weighted by Crippen LogP contribution is -2.52. The minimum atomic E-state index is -2.96. The molecule has 0 bridgehead atoms. The van der Waals surface area contributed by atoms with Gasteiger partial charge in [0.2, 0.25) is 0 Å². The quantitative estimate of drug-likeness (QED) is 0.131. The standard InChI is InChI=1S/C33H45ClN4O4S/c1-4-35-28-19-26(20-29(21-28)38-15-8-9-16-43(38,41)42)32(40)37-30(18-24-11-6-5-7-12-24)31(39)23-36-33(2,3)22-25-13-10-14-27(34)17-25/h5-7,10-14,17,19-21,30-31,35-36,39,41-42H,4,8-9,15-16,18,22-23H2,1-3H3,(H,37,40)/t30-,31+/m0/s1. The van der Waals surface area contributed by atoms with Gasteiger partial charge in [0.15, 0.2) is 0 Å². The number of carbonyl (C=O) groups excluding carboxylic acids is 1. The molecule has 3 aromatic rings. The molecule has 234 valence electrons. The highest BCUT2D eigenvalue weighted by atomic mass is 35.5. The van der Waals surface area contributed by atoms with Crippen LogP contribution < -0.4 is 20.3 Å². The van der Waals surface area contributed by atoms with Gasteiger partial charge in [-0.05, 0) is 87.9 Å². The Bertz CT molecular complexity index is 1360. The molecule has 0 aliphatic carbocycles. The Morgan fingerprint density at radius 3 is 2.47 bits per heavy atom. The molecule has 2 atom stereocenters. The first-order chi connectivity index (χ1) is 20.5. The average Bonchev–Trinajstić information content (AvgIpc) is 2.95. The Morgan fingerprint density at radius 2 is 1.77 bits per heavy atom. The molecule has 3 aromatic carbocycles. The zero-order valence-corrected chi connectivity index (χ0v) is 26.8. The van der Waals surface area contributed by atoms with Gasteiger partial charge in [-0.25, -0.2) is 0 Å². The maximum Gasteiger partial charge on any atom is 0.251 e. The van der Waals surface area contributed by atoms with Crippen LogP contribution in [0.3, 0.4) is 0 Å². The summed E-state index contributed by atoms with van der Waals surface area (Å²) in [4.78, 5) is 13.8. The highest BCUT2D eigenvalue weighted by molar-refractivity contribution is 8.25. The number of aliphatic hydroxyl groups is 1. The molecule has 1 aliphatic heterocycles. The number of hydrogen-bond donors (Lipinski definition) is 6. The van der Waals surface area contributed by atoms with Crippen LogP contribution in [0.4, 0.5) is 11.4 Å². The Hall–Kier alpha value is -2.79.